The van der Waals surface area contributed by atoms with Crippen molar-refractivity contribution in [2.24, 2.45) is 0 Å². The van der Waals surface area contributed by atoms with Crippen LogP contribution in [0.4, 0.5) is 0 Å². The Labute approximate surface area is 190 Å². The number of aromatic nitrogens is 2. The number of hydrogen-bond donors (Lipinski definition) is 1. The van der Waals surface area contributed by atoms with Crippen LogP contribution in [0.3, 0.4) is 0 Å². The minimum absolute atomic E-state index is 0.0475. The lowest BCUT2D eigenvalue weighted by Crippen LogP contribution is -2.28. The molecule has 0 saturated carbocycles. The quantitative estimate of drug-likeness (QED) is 0.513. The lowest BCUT2D eigenvalue weighted by Gasteiger charge is -2.16. The maximum atomic E-state index is 13.1. The molecule has 0 radical (unpaired) electrons. The first-order valence-electron chi connectivity index (χ1n) is 9.88. The number of halogens is 1. The fourth-order valence-corrected chi connectivity index (χ4v) is 6.21. The third-order valence-corrected chi connectivity index (χ3v) is 8.32. The van der Waals surface area contributed by atoms with Crippen LogP contribution in [0.25, 0.3) is 10.9 Å². The van der Waals surface area contributed by atoms with Gasteiger partial charge in [-0.1, -0.05) is 18.5 Å². The molecule has 10 heteroatoms. The highest BCUT2D eigenvalue weighted by Gasteiger charge is 2.34. The van der Waals surface area contributed by atoms with E-state index < -0.39 is 16.0 Å². The molecule has 4 rings (SSSR count). The Bertz CT molecular complexity index is 1230. The second kappa shape index (κ2) is 8.82. The average Bonchev–Trinajstić information content (AvgIpc) is 3.34. The van der Waals surface area contributed by atoms with Crippen LogP contribution in [0.1, 0.15) is 24.8 Å². The molecule has 1 aromatic carbocycles. The number of pyridine rings is 1. The second-order valence-corrected chi connectivity index (χ2v) is 11.0. The summed E-state index contributed by atoms with van der Waals surface area (Å²) in [6.45, 7) is 2.57. The number of carboxylic acids is 1. The standard InChI is InChI=1S/C21H22ClN3O4S2/c1-2-30-20-6-4-16(10-23-20)31(28,29)25-8-7-14(11-25)18-12-24(13-21(26)27)19-5-3-15(22)9-17(18)19/h3-6,9-10,12,14H,2,7-8,11,13H2,1H3,(H,26,27). The normalized spacial score (nSPS) is 17.4. The summed E-state index contributed by atoms with van der Waals surface area (Å²) in [5.41, 5.74) is 1.69. The molecular formula is C21H22ClN3O4S2. The minimum Gasteiger partial charge on any atom is -0.480 e. The summed E-state index contributed by atoms with van der Waals surface area (Å²) >= 11 is 7.75. The number of benzene rings is 1. The van der Waals surface area contributed by atoms with E-state index in [0.29, 0.717) is 24.5 Å². The molecule has 1 N–H and O–H groups in total. The van der Waals surface area contributed by atoms with Crippen LogP contribution < -0.4 is 0 Å². The van der Waals surface area contributed by atoms with Gasteiger partial charge in [0.05, 0.1) is 5.03 Å². The van der Waals surface area contributed by atoms with Crippen LogP contribution >= 0.6 is 23.4 Å². The van der Waals surface area contributed by atoms with Gasteiger partial charge in [-0.15, -0.1) is 11.8 Å². The summed E-state index contributed by atoms with van der Waals surface area (Å²) < 4.78 is 29.4. The number of aliphatic carboxylic acids is 1. The molecule has 0 spiro atoms. The summed E-state index contributed by atoms with van der Waals surface area (Å²) in [6.07, 6.45) is 3.88. The lowest BCUT2D eigenvalue weighted by molar-refractivity contribution is -0.137. The summed E-state index contributed by atoms with van der Waals surface area (Å²) in [4.78, 5) is 15.7. The summed E-state index contributed by atoms with van der Waals surface area (Å²) in [5, 5.41) is 11.5. The van der Waals surface area contributed by atoms with Crippen molar-refractivity contribution in [3.63, 3.8) is 0 Å². The van der Waals surface area contributed by atoms with E-state index in [1.54, 1.807) is 40.6 Å². The highest BCUT2D eigenvalue weighted by molar-refractivity contribution is 7.99. The van der Waals surface area contributed by atoms with E-state index in [1.165, 1.54) is 10.5 Å². The number of carboxylic acid groups (broad SMARTS) is 1. The van der Waals surface area contributed by atoms with E-state index in [2.05, 4.69) is 4.98 Å². The topological polar surface area (TPSA) is 92.5 Å². The first-order valence-corrected chi connectivity index (χ1v) is 12.7. The van der Waals surface area contributed by atoms with Gasteiger partial charge in [-0.2, -0.15) is 4.31 Å². The molecule has 1 unspecified atom stereocenters. The number of hydrogen-bond acceptors (Lipinski definition) is 5. The van der Waals surface area contributed by atoms with Crippen LogP contribution in [0, 0.1) is 0 Å². The van der Waals surface area contributed by atoms with Crippen molar-refractivity contribution in [1.29, 1.82) is 0 Å². The molecule has 3 heterocycles. The Balaban J connectivity index is 1.62. The summed E-state index contributed by atoms with van der Waals surface area (Å²) in [6, 6.07) is 8.68. The minimum atomic E-state index is -3.65. The van der Waals surface area contributed by atoms with Crippen LogP contribution in [0.5, 0.6) is 0 Å². The number of thioether (sulfide) groups is 1. The van der Waals surface area contributed by atoms with Gasteiger partial charge in [-0.25, -0.2) is 13.4 Å². The van der Waals surface area contributed by atoms with Gasteiger partial charge in [0, 0.05) is 47.3 Å². The van der Waals surface area contributed by atoms with Gasteiger partial charge in [0.1, 0.15) is 11.4 Å². The van der Waals surface area contributed by atoms with Crippen molar-refractivity contribution < 1.29 is 18.3 Å². The fourth-order valence-electron chi connectivity index (χ4n) is 4.00. The summed E-state index contributed by atoms with van der Waals surface area (Å²) in [5.74, 6) is -0.119. The van der Waals surface area contributed by atoms with Crippen molar-refractivity contribution in [3.8, 4) is 0 Å². The van der Waals surface area contributed by atoms with Crippen molar-refractivity contribution >= 4 is 50.3 Å². The van der Waals surface area contributed by atoms with Crippen LogP contribution in [-0.2, 0) is 21.4 Å². The van der Waals surface area contributed by atoms with Crippen molar-refractivity contribution in [2.75, 3.05) is 18.8 Å². The predicted molar refractivity (Wildman–Crippen MR) is 121 cm³/mol. The van der Waals surface area contributed by atoms with E-state index in [1.807, 2.05) is 19.2 Å². The number of fused-ring (bicyclic) bond motifs is 1. The highest BCUT2D eigenvalue weighted by Crippen LogP contribution is 2.37. The third kappa shape index (κ3) is 4.45. The van der Waals surface area contributed by atoms with Gasteiger partial charge in [-0.3, -0.25) is 4.79 Å². The molecule has 0 bridgehead atoms. The Morgan fingerprint density at radius 2 is 2.13 bits per heavy atom. The average molecular weight is 480 g/mol. The molecule has 0 aliphatic carbocycles. The molecule has 1 aliphatic heterocycles. The predicted octanol–water partition coefficient (Wildman–Crippen LogP) is 4.06. The fraction of sp³-hybridized carbons (Fsp3) is 0.333. The largest absolute Gasteiger partial charge is 0.480 e. The smallest absolute Gasteiger partial charge is 0.323 e. The first-order chi connectivity index (χ1) is 14.8. The molecule has 0 amide bonds. The van der Waals surface area contributed by atoms with E-state index in [4.69, 9.17) is 11.6 Å². The SMILES string of the molecule is CCSc1ccc(S(=O)(=O)N2CCC(c3cn(CC(=O)O)c4ccc(Cl)cc34)C2)cn1. The highest BCUT2D eigenvalue weighted by atomic mass is 35.5. The van der Waals surface area contributed by atoms with Crippen molar-refractivity contribution in [1.82, 2.24) is 13.9 Å². The third-order valence-electron chi connectivity index (χ3n) is 5.41. The first kappa shape index (κ1) is 22.1. The van der Waals surface area contributed by atoms with E-state index in [-0.39, 0.29) is 17.4 Å². The van der Waals surface area contributed by atoms with Gasteiger partial charge in [-0.05, 0) is 48.1 Å². The summed E-state index contributed by atoms with van der Waals surface area (Å²) in [7, 11) is -3.65. The molecule has 7 nitrogen and oxygen atoms in total. The monoisotopic (exact) mass is 479 g/mol. The Hall–Kier alpha value is -2.07. The van der Waals surface area contributed by atoms with Gasteiger partial charge in [0.2, 0.25) is 10.0 Å². The molecule has 1 fully saturated rings. The molecule has 164 valence electrons. The van der Waals surface area contributed by atoms with Gasteiger partial charge in [0.15, 0.2) is 0 Å². The maximum Gasteiger partial charge on any atom is 0.323 e. The van der Waals surface area contributed by atoms with Gasteiger partial charge < -0.3 is 9.67 Å². The van der Waals surface area contributed by atoms with E-state index in [0.717, 1.165) is 27.2 Å². The number of sulfonamides is 1. The van der Waals surface area contributed by atoms with Crippen LogP contribution in [0.2, 0.25) is 5.02 Å². The number of carbonyl (C=O) groups is 1. The lowest BCUT2D eigenvalue weighted by atomic mass is 9.98. The molecule has 31 heavy (non-hydrogen) atoms. The zero-order chi connectivity index (χ0) is 22.2. The molecule has 2 aromatic heterocycles. The molecular weight excluding hydrogens is 458 g/mol. The van der Waals surface area contributed by atoms with E-state index in [9.17, 15) is 18.3 Å². The molecule has 3 aromatic rings. The van der Waals surface area contributed by atoms with Crippen LogP contribution in [-0.4, -0.2) is 52.2 Å². The molecule has 1 atom stereocenters. The number of nitrogens with zero attached hydrogens (tertiary/aromatic N) is 3. The van der Waals surface area contributed by atoms with Crippen molar-refractivity contribution in [2.45, 2.75) is 35.7 Å². The molecule has 1 aliphatic rings. The van der Waals surface area contributed by atoms with Crippen LogP contribution in [0.15, 0.2) is 52.6 Å². The Morgan fingerprint density at radius 1 is 1.32 bits per heavy atom. The van der Waals surface area contributed by atoms with E-state index >= 15 is 0 Å². The Morgan fingerprint density at radius 3 is 2.81 bits per heavy atom. The maximum absolute atomic E-state index is 13.1. The number of rotatable bonds is 7. The molecule has 1 saturated heterocycles. The Kier molecular flexibility index (Phi) is 6.30. The van der Waals surface area contributed by atoms with Gasteiger partial charge >= 0.3 is 5.97 Å². The second-order valence-electron chi connectivity index (χ2n) is 7.38. The zero-order valence-corrected chi connectivity index (χ0v) is 19.3. The van der Waals surface area contributed by atoms with Crippen molar-refractivity contribution in [3.05, 3.63) is 53.3 Å². The van der Waals surface area contributed by atoms with Gasteiger partial charge in [0.25, 0.3) is 0 Å². The zero-order valence-electron chi connectivity index (χ0n) is 16.9.